The van der Waals surface area contributed by atoms with Crippen LogP contribution in [0.15, 0.2) is 97.2 Å². The van der Waals surface area contributed by atoms with E-state index in [0.717, 1.165) is 116 Å². The highest BCUT2D eigenvalue weighted by Gasteiger charge is 2.27. The van der Waals surface area contributed by atoms with E-state index in [1.54, 1.807) is 0 Å². The number of quaternary nitrogens is 1. The fourth-order valence-corrected chi connectivity index (χ4v) is 9.89. The number of hydrogen-bond donors (Lipinski definition) is 1. The van der Waals surface area contributed by atoms with Gasteiger partial charge < -0.3 is 28.5 Å². The quantitative estimate of drug-likeness (QED) is 0.0212. The zero-order valence-corrected chi connectivity index (χ0v) is 53.7. The molecule has 0 aromatic carbocycles. The normalized spacial score (nSPS) is 14.2. The van der Waals surface area contributed by atoms with Crippen LogP contribution >= 0.6 is 7.82 Å². The summed E-state index contributed by atoms with van der Waals surface area (Å²) >= 11 is 0. The van der Waals surface area contributed by atoms with Crippen molar-refractivity contribution < 1.29 is 37.3 Å². The third-order valence-electron chi connectivity index (χ3n) is 14.2. The Labute approximate surface area is 494 Å². The first-order valence-electron chi connectivity index (χ1n) is 33.0. The van der Waals surface area contributed by atoms with Crippen molar-refractivity contribution >= 4 is 19.7 Å². The molecular weight excluding hydrogens is 1010 g/mol. The molecule has 0 spiro atoms. The maximum atomic E-state index is 13.6. The molecule has 80 heavy (non-hydrogen) atoms. The van der Waals surface area contributed by atoms with Gasteiger partial charge in [-0.05, 0) is 109 Å². The van der Waals surface area contributed by atoms with Crippen LogP contribution in [0.3, 0.4) is 0 Å². The number of nitrogens with one attached hydrogen (secondary N) is 1. The van der Waals surface area contributed by atoms with Crippen LogP contribution in [0.4, 0.5) is 0 Å². The van der Waals surface area contributed by atoms with Crippen molar-refractivity contribution in [3.63, 3.8) is 0 Å². The molecule has 1 N–H and O–H groups in total. The van der Waals surface area contributed by atoms with E-state index in [-0.39, 0.29) is 24.9 Å². The lowest BCUT2D eigenvalue weighted by Gasteiger charge is -2.30. The highest BCUT2D eigenvalue weighted by atomic mass is 31.2. The second-order valence-electron chi connectivity index (χ2n) is 23.2. The minimum absolute atomic E-state index is 0.0300. The van der Waals surface area contributed by atoms with E-state index in [9.17, 15) is 19.0 Å². The molecule has 3 unspecified atom stereocenters. The number of hydrogen-bond acceptors (Lipinski definition) is 7. The predicted molar refractivity (Wildman–Crippen MR) is 344 cm³/mol. The standard InChI is InChI=1S/C70H125N2O7P/c1-7-10-13-16-19-22-25-28-30-32-34-36-38-40-42-44-47-50-53-56-59-62-69(73)71-67(66-78-80(75,76)77-65-64-72(4,5)6)68(61-58-55-52-49-46-27-24-21-18-15-12-9-3)79-70(74)63-60-57-54-51-48-45-43-41-39-37-35-33-31-29-26-23-20-17-14-11-8-2/h11,14,19-20,22-23,28-31,35,37,41,43,58,61,67-68H,7-10,12-13,15-18,21,24-27,32-34,36,38-40,42,44-57,59-60,62-66H2,1-6H3,(H-,71,73,75,76)/b14-11-,22-19-,23-20-,30-28-,31-29-,37-35-,43-41-,61-58+. The molecule has 0 aromatic rings. The summed E-state index contributed by atoms with van der Waals surface area (Å²) < 4.78 is 30.4. The molecule has 0 heterocycles. The molecule has 0 saturated carbocycles. The van der Waals surface area contributed by atoms with Gasteiger partial charge in [0.1, 0.15) is 19.3 Å². The number of ether oxygens (including phenoxy) is 1. The number of likely N-dealkylation sites (N-methyl/N-ethyl adjacent to an activating group) is 1. The summed E-state index contributed by atoms with van der Waals surface area (Å²) in [6.45, 7) is 6.70. The second kappa shape index (κ2) is 59.1. The summed E-state index contributed by atoms with van der Waals surface area (Å²) in [7, 11) is 1.16. The van der Waals surface area contributed by atoms with E-state index >= 15 is 0 Å². The molecule has 0 saturated heterocycles. The van der Waals surface area contributed by atoms with E-state index in [1.807, 2.05) is 33.3 Å². The number of unbranched alkanes of at least 4 members (excludes halogenated alkanes) is 29. The Bertz CT molecular complexity index is 1690. The Balaban J connectivity index is 5.22. The van der Waals surface area contributed by atoms with Crippen molar-refractivity contribution in [2.24, 2.45) is 0 Å². The van der Waals surface area contributed by atoms with E-state index in [4.69, 9.17) is 13.8 Å². The molecule has 0 rings (SSSR count). The highest BCUT2D eigenvalue weighted by Crippen LogP contribution is 2.38. The maximum absolute atomic E-state index is 13.6. The van der Waals surface area contributed by atoms with Gasteiger partial charge >= 0.3 is 5.97 Å². The largest absolute Gasteiger partial charge is 0.756 e. The van der Waals surface area contributed by atoms with E-state index in [2.05, 4.69) is 111 Å². The minimum Gasteiger partial charge on any atom is -0.756 e. The van der Waals surface area contributed by atoms with E-state index < -0.39 is 26.6 Å². The Morgan fingerprint density at radius 2 is 0.800 bits per heavy atom. The SMILES string of the molecule is CC/C=C\C/C=C\C/C=C\C/C=C\C/C=C\CCCCCCCC(=O)OC(/C=C/CCCCCCCCCCCC)C(COP(=O)([O-])OCC[N+](C)(C)C)NC(=O)CCCCCCCCCCCCC/C=C\C/C=C\CCCCC. The van der Waals surface area contributed by atoms with Crippen LogP contribution in [0.5, 0.6) is 0 Å². The molecule has 9 nitrogen and oxygen atoms in total. The number of amides is 1. The number of carbonyl (C=O) groups excluding carboxylic acids is 2. The molecular formula is C70H125N2O7P. The third-order valence-corrected chi connectivity index (χ3v) is 15.2. The second-order valence-corrected chi connectivity index (χ2v) is 24.6. The summed E-state index contributed by atoms with van der Waals surface area (Å²) in [5.74, 6) is -0.565. The summed E-state index contributed by atoms with van der Waals surface area (Å²) in [6, 6.07) is -0.903. The van der Waals surface area contributed by atoms with Crippen molar-refractivity contribution in [3.8, 4) is 0 Å². The number of esters is 1. The zero-order valence-electron chi connectivity index (χ0n) is 52.8. The van der Waals surface area contributed by atoms with Gasteiger partial charge in [0, 0.05) is 12.8 Å². The molecule has 0 fully saturated rings. The van der Waals surface area contributed by atoms with Crippen LogP contribution < -0.4 is 10.2 Å². The van der Waals surface area contributed by atoms with Gasteiger partial charge in [-0.25, -0.2) is 0 Å². The summed E-state index contributed by atoms with van der Waals surface area (Å²) in [5, 5.41) is 3.03. The number of phosphoric ester groups is 1. The first kappa shape index (κ1) is 76.9. The number of nitrogens with zero attached hydrogens (tertiary/aromatic N) is 1. The molecule has 0 aliphatic carbocycles. The van der Waals surface area contributed by atoms with Gasteiger partial charge in [-0.2, -0.15) is 0 Å². The number of carbonyl (C=O) groups is 2. The lowest BCUT2D eigenvalue weighted by Crippen LogP contribution is -2.47. The number of allylic oxidation sites excluding steroid dienone is 15. The Morgan fingerprint density at radius 3 is 1.23 bits per heavy atom. The lowest BCUT2D eigenvalue weighted by atomic mass is 10.0. The fourth-order valence-electron chi connectivity index (χ4n) is 9.17. The van der Waals surface area contributed by atoms with Gasteiger partial charge in [-0.3, -0.25) is 14.2 Å². The molecule has 0 aromatic heterocycles. The smallest absolute Gasteiger partial charge is 0.306 e. The van der Waals surface area contributed by atoms with Crippen LogP contribution in [0, 0.1) is 0 Å². The van der Waals surface area contributed by atoms with Crippen molar-refractivity contribution in [1.82, 2.24) is 5.32 Å². The van der Waals surface area contributed by atoms with Crippen LogP contribution in [0.25, 0.3) is 0 Å². The average Bonchev–Trinajstić information content (AvgIpc) is 3.42. The fraction of sp³-hybridized carbons (Fsp3) is 0.743. The predicted octanol–water partition coefficient (Wildman–Crippen LogP) is 20.1. The molecule has 1 amide bonds. The first-order chi connectivity index (χ1) is 38.9. The van der Waals surface area contributed by atoms with Gasteiger partial charge in [0.05, 0.1) is 33.8 Å². The van der Waals surface area contributed by atoms with E-state index in [0.29, 0.717) is 23.9 Å². The molecule has 462 valence electrons. The van der Waals surface area contributed by atoms with Crippen molar-refractivity contribution in [3.05, 3.63) is 97.2 Å². The van der Waals surface area contributed by atoms with E-state index in [1.165, 1.54) is 128 Å². The zero-order chi connectivity index (χ0) is 58.6. The lowest BCUT2D eigenvalue weighted by molar-refractivity contribution is -0.870. The van der Waals surface area contributed by atoms with Gasteiger partial charge in [0.15, 0.2) is 0 Å². The highest BCUT2D eigenvalue weighted by molar-refractivity contribution is 7.45. The van der Waals surface area contributed by atoms with Gasteiger partial charge in [0.2, 0.25) is 5.91 Å². The molecule has 10 heteroatoms. The molecule has 0 radical (unpaired) electrons. The summed E-state index contributed by atoms with van der Waals surface area (Å²) in [4.78, 5) is 40.1. The van der Waals surface area contributed by atoms with Gasteiger partial charge in [0.25, 0.3) is 7.82 Å². The van der Waals surface area contributed by atoms with Crippen LogP contribution in [-0.2, 0) is 27.9 Å². The number of phosphoric acid groups is 1. The van der Waals surface area contributed by atoms with Crippen LogP contribution in [0.1, 0.15) is 284 Å². The molecule has 0 bridgehead atoms. The Kier molecular flexibility index (Phi) is 56.8. The Hall–Kier alpha value is -3.07. The summed E-state index contributed by atoms with van der Waals surface area (Å²) in [6.07, 6.45) is 79.4. The average molecular weight is 1140 g/mol. The van der Waals surface area contributed by atoms with Crippen LogP contribution in [-0.4, -0.2) is 69.4 Å². The topological polar surface area (TPSA) is 114 Å². The number of rotatable bonds is 59. The first-order valence-corrected chi connectivity index (χ1v) is 34.5. The van der Waals surface area contributed by atoms with Gasteiger partial charge in [-0.15, -0.1) is 0 Å². The minimum atomic E-state index is -4.71. The molecule has 0 aliphatic heterocycles. The Morgan fingerprint density at radius 1 is 0.450 bits per heavy atom. The third kappa shape index (κ3) is 59.5. The maximum Gasteiger partial charge on any atom is 0.306 e. The van der Waals surface area contributed by atoms with Crippen molar-refractivity contribution in [2.45, 2.75) is 296 Å². The summed E-state index contributed by atoms with van der Waals surface area (Å²) in [5.41, 5.74) is 0. The van der Waals surface area contributed by atoms with Crippen molar-refractivity contribution in [1.29, 1.82) is 0 Å². The van der Waals surface area contributed by atoms with Crippen molar-refractivity contribution in [2.75, 3.05) is 40.9 Å². The molecule has 3 atom stereocenters. The van der Waals surface area contributed by atoms with Crippen LogP contribution in [0.2, 0.25) is 0 Å². The van der Waals surface area contributed by atoms with Gasteiger partial charge in [-0.1, -0.05) is 260 Å². The molecule has 0 aliphatic rings. The monoisotopic (exact) mass is 1140 g/mol.